The van der Waals surface area contributed by atoms with Gasteiger partial charge in [-0.2, -0.15) is 10.2 Å². The molecule has 27 heavy (non-hydrogen) atoms. The van der Waals surface area contributed by atoms with Crippen molar-refractivity contribution in [2.45, 2.75) is 32.2 Å². The van der Waals surface area contributed by atoms with Crippen molar-refractivity contribution in [2.24, 2.45) is 0 Å². The Labute approximate surface area is 163 Å². The largest absolute Gasteiger partial charge is 0.372 e. The van der Waals surface area contributed by atoms with Crippen molar-refractivity contribution < 1.29 is 0 Å². The molecule has 4 rings (SSSR count). The van der Waals surface area contributed by atoms with Crippen molar-refractivity contribution in [2.75, 3.05) is 51.2 Å². The third-order valence-electron chi connectivity index (χ3n) is 5.78. The highest BCUT2D eigenvalue weighted by Crippen LogP contribution is 2.24. The molecule has 2 aromatic rings. The number of anilines is 1. The Kier molecular flexibility index (Phi) is 6.00. The molecular weight excluding hydrogens is 334 g/mol. The summed E-state index contributed by atoms with van der Waals surface area (Å²) in [4.78, 5) is 7.35. The third kappa shape index (κ3) is 4.85. The molecule has 2 saturated heterocycles. The fraction of sp³-hybridized carbons (Fsp3) is 0.545. The zero-order chi connectivity index (χ0) is 18.5. The Hall–Kier alpha value is -1.98. The van der Waals surface area contributed by atoms with Gasteiger partial charge in [0, 0.05) is 44.0 Å². The quantitative estimate of drug-likeness (QED) is 0.752. The van der Waals surface area contributed by atoms with Gasteiger partial charge in [0.05, 0.1) is 11.4 Å². The first kappa shape index (κ1) is 18.4. The maximum atomic E-state index is 4.47. The number of nitrogens with zero attached hydrogens (tertiary/aromatic N) is 5. The summed E-state index contributed by atoms with van der Waals surface area (Å²) in [5.74, 6) is 0. The minimum Gasteiger partial charge on any atom is -0.372 e. The van der Waals surface area contributed by atoms with E-state index in [9.17, 15) is 0 Å². The summed E-state index contributed by atoms with van der Waals surface area (Å²) in [5, 5.41) is 8.93. The molecule has 0 atom stereocenters. The molecule has 5 nitrogen and oxygen atoms in total. The highest BCUT2D eigenvalue weighted by atomic mass is 15.2. The summed E-state index contributed by atoms with van der Waals surface area (Å²) in [6.07, 6.45) is 5.33. The lowest BCUT2D eigenvalue weighted by Gasteiger charge is -2.20. The van der Waals surface area contributed by atoms with Gasteiger partial charge in [0.1, 0.15) is 0 Å². The first-order valence-electron chi connectivity index (χ1n) is 10.4. The highest BCUT2D eigenvalue weighted by Gasteiger charge is 2.13. The maximum Gasteiger partial charge on any atom is 0.0929 e. The number of likely N-dealkylation sites (tertiary alicyclic amines) is 1. The van der Waals surface area contributed by atoms with E-state index in [2.05, 4.69) is 68.3 Å². The van der Waals surface area contributed by atoms with Crippen molar-refractivity contribution in [3.8, 4) is 11.3 Å². The molecular formula is C22H31N5. The molecule has 2 fully saturated rings. The molecule has 144 valence electrons. The van der Waals surface area contributed by atoms with Crippen molar-refractivity contribution in [3.63, 3.8) is 0 Å². The minimum atomic E-state index is 0.856. The second-order valence-corrected chi connectivity index (χ2v) is 7.94. The fourth-order valence-electron chi connectivity index (χ4n) is 4.09. The van der Waals surface area contributed by atoms with Gasteiger partial charge in [-0.05, 0) is 70.1 Å². The fourth-order valence-corrected chi connectivity index (χ4v) is 4.09. The van der Waals surface area contributed by atoms with Gasteiger partial charge in [-0.3, -0.25) is 4.90 Å². The lowest BCUT2D eigenvalue weighted by atomic mass is 10.1. The molecule has 0 radical (unpaired) electrons. The summed E-state index contributed by atoms with van der Waals surface area (Å²) in [6, 6.07) is 13.0. The van der Waals surface area contributed by atoms with Crippen LogP contribution in [0, 0.1) is 0 Å². The molecule has 2 aliphatic heterocycles. The first-order chi connectivity index (χ1) is 13.3. The van der Waals surface area contributed by atoms with Crippen molar-refractivity contribution in [3.05, 3.63) is 42.1 Å². The van der Waals surface area contributed by atoms with Gasteiger partial charge in [0.25, 0.3) is 0 Å². The predicted octanol–water partition coefficient (Wildman–Crippen LogP) is 3.27. The molecule has 0 bridgehead atoms. The van der Waals surface area contributed by atoms with E-state index in [0.717, 1.165) is 36.6 Å². The molecule has 0 saturated carbocycles. The lowest BCUT2D eigenvalue weighted by molar-refractivity contribution is 0.250. The van der Waals surface area contributed by atoms with E-state index in [1.807, 2.05) is 0 Å². The first-order valence-corrected chi connectivity index (χ1v) is 10.4. The molecule has 0 spiro atoms. The number of hydrogen-bond donors (Lipinski definition) is 0. The van der Waals surface area contributed by atoms with Crippen LogP contribution in [0.25, 0.3) is 11.3 Å². The minimum absolute atomic E-state index is 0.856. The Morgan fingerprint density at radius 3 is 2.22 bits per heavy atom. The third-order valence-corrected chi connectivity index (χ3v) is 5.78. The van der Waals surface area contributed by atoms with Crippen LogP contribution in [0.15, 0.2) is 36.4 Å². The number of hydrogen-bond acceptors (Lipinski definition) is 5. The number of likely N-dealkylation sites (N-methyl/N-ethyl adjacent to an activating group) is 1. The predicted molar refractivity (Wildman–Crippen MR) is 111 cm³/mol. The lowest BCUT2D eigenvalue weighted by Crippen LogP contribution is -2.31. The van der Waals surface area contributed by atoms with E-state index in [4.69, 9.17) is 0 Å². The Morgan fingerprint density at radius 1 is 0.852 bits per heavy atom. The van der Waals surface area contributed by atoms with E-state index in [-0.39, 0.29) is 0 Å². The van der Waals surface area contributed by atoms with Crippen LogP contribution in [-0.4, -0.2) is 66.3 Å². The Bertz CT molecular complexity index is 700. The average Bonchev–Trinajstić information content (AvgIpc) is 3.41. The summed E-state index contributed by atoms with van der Waals surface area (Å²) in [7, 11) is 2.17. The number of rotatable bonds is 7. The number of benzene rings is 1. The van der Waals surface area contributed by atoms with E-state index in [1.165, 1.54) is 57.5 Å². The van der Waals surface area contributed by atoms with Crippen LogP contribution in [-0.2, 0) is 6.54 Å². The Balaban J connectivity index is 1.31. The molecule has 0 unspecified atom stereocenters. The summed E-state index contributed by atoms with van der Waals surface area (Å²) < 4.78 is 0. The zero-order valence-corrected chi connectivity index (χ0v) is 16.5. The van der Waals surface area contributed by atoms with Gasteiger partial charge in [-0.25, -0.2) is 0 Å². The maximum absolute atomic E-state index is 4.47. The smallest absolute Gasteiger partial charge is 0.0929 e. The van der Waals surface area contributed by atoms with E-state index >= 15 is 0 Å². The summed E-state index contributed by atoms with van der Waals surface area (Å²) in [5.41, 5.74) is 4.45. The van der Waals surface area contributed by atoms with Crippen LogP contribution < -0.4 is 4.90 Å². The second kappa shape index (κ2) is 8.81. The highest BCUT2D eigenvalue weighted by molar-refractivity contribution is 5.63. The van der Waals surface area contributed by atoms with Crippen LogP contribution in [0.3, 0.4) is 0 Å². The SMILES string of the molecule is CN(CCN1CCCC1)Cc1ccc(-c2ccc(N3CCCC3)cc2)nn1. The van der Waals surface area contributed by atoms with Crippen molar-refractivity contribution >= 4 is 5.69 Å². The average molecular weight is 366 g/mol. The Morgan fingerprint density at radius 2 is 1.56 bits per heavy atom. The van der Waals surface area contributed by atoms with Gasteiger partial charge < -0.3 is 9.80 Å². The van der Waals surface area contributed by atoms with E-state index in [0.29, 0.717) is 0 Å². The zero-order valence-electron chi connectivity index (χ0n) is 16.5. The second-order valence-electron chi connectivity index (χ2n) is 7.94. The van der Waals surface area contributed by atoms with E-state index < -0.39 is 0 Å². The molecule has 2 aliphatic rings. The molecule has 0 amide bonds. The van der Waals surface area contributed by atoms with Crippen LogP contribution in [0.4, 0.5) is 5.69 Å². The van der Waals surface area contributed by atoms with Crippen molar-refractivity contribution in [1.29, 1.82) is 0 Å². The monoisotopic (exact) mass is 365 g/mol. The molecule has 0 aliphatic carbocycles. The summed E-state index contributed by atoms with van der Waals surface area (Å²) >= 11 is 0. The van der Waals surface area contributed by atoms with Crippen LogP contribution in [0.1, 0.15) is 31.4 Å². The molecule has 3 heterocycles. The van der Waals surface area contributed by atoms with Crippen LogP contribution >= 0.6 is 0 Å². The normalized spacial score (nSPS) is 17.9. The van der Waals surface area contributed by atoms with Gasteiger partial charge in [0.2, 0.25) is 0 Å². The molecule has 5 heteroatoms. The molecule has 1 aromatic heterocycles. The summed E-state index contributed by atoms with van der Waals surface area (Å²) in [6.45, 7) is 7.98. The molecule has 0 N–H and O–H groups in total. The van der Waals surface area contributed by atoms with Crippen LogP contribution in [0.5, 0.6) is 0 Å². The number of aromatic nitrogens is 2. The van der Waals surface area contributed by atoms with Gasteiger partial charge in [-0.1, -0.05) is 12.1 Å². The van der Waals surface area contributed by atoms with Gasteiger partial charge >= 0.3 is 0 Å². The van der Waals surface area contributed by atoms with E-state index in [1.54, 1.807) is 0 Å². The van der Waals surface area contributed by atoms with Crippen LogP contribution in [0.2, 0.25) is 0 Å². The molecule has 1 aromatic carbocycles. The standard InChI is InChI=1S/C22H31N5/c1-25(16-17-26-12-2-3-13-26)18-20-8-11-22(24-23-20)19-6-9-21(10-7-19)27-14-4-5-15-27/h6-11H,2-5,12-18H2,1H3. The van der Waals surface area contributed by atoms with Crippen molar-refractivity contribution in [1.82, 2.24) is 20.0 Å². The topological polar surface area (TPSA) is 35.5 Å². The van der Waals surface area contributed by atoms with Gasteiger partial charge in [-0.15, -0.1) is 0 Å². The van der Waals surface area contributed by atoms with Gasteiger partial charge in [0.15, 0.2) is 0 Å².